The second kappa shape index (κ2) is 3.47. The third-order valence-corrected chi connectivity index (χ3v) is 2.28. The molecule has 0 heterocycles. The Morgan fingerprint density at radius 3 is 2.50 bits per heavy atom. The van der Waals surface area contributed by atoms with Gasteiger partial charge in [-0.2, -0.15) is 0 Å². The summed E-state index contributed by atoms with van der Waals surface area (Å²) in [5.74, 6) is -0.423. The predicted molar refractivity (Wildman–Crippen MR) is 57.0 cm³/mol. The van der Waals surface area contributed by atoms with Gasteiger partial charge in [-0.3, -0.25) is 10.1 Å². The summed E-state index contributed by atoms with van der Waals surface area (Å²) in [4.78, 5) is 12.9. The lowest BCUT2D eigenvalue weighted by atomic mass is 10.1. The van der Waals surface area contributed by atoms with E-state index in [2.05, 4.69) is 4.98 Å². The number of rotatable bonds is 1. The van der Waals surface area contributed by atoms with Gasteiger partial charge in [0.05, 0.1) is 10.3 Å². The first-order valence-corrected chi connectivity index (χ1v) is 4.39. The zero-order valence-corrected chi connectivity index (χ0v) is 7.99. The zero-order valence-electron chi connectivity index (χ0n) is 7.99. The van der Waals surface area contributed by atoms with Gasteiger partial charge in [-0.05, 0) is 6.07 Å². The minimum Gasteiger partial charge on any atom is -0.502 e. The van der Waals surface area contributed by atoms with Gasteiger partial charge in [0.25, 0.3) is 0 Å². The average Bonchev–Trinajstić information content (AvgIpc) is 2.29. The van der Waals surface area contributed by atoms with E-state index in [9.17, 15) is 15.2 Å². The third-order valence-electron chi connectivity index (χ3n) is 2.28. The fourth-order valence-corrected chi connectivity index (χ4v) is 1.55. The summed E-state index contributed by atoms with van der Waals surface area (Å²) >= 11 is 0. The van der Waals surface area contributed by atoms with E-state index in [0.29, 0.717) is 5.39 Å². The summed E-state index contributed by atoms with van der Waals surface area (Å²) in [5.41, 5.74) is -0.424. The maximum Gasteiger partial charge on any atom is 0.399 e. The van der Waals surface area contributed by atoms with Crippen molar-refractivity contribution in [3.63, 3.8) is 0 Å². The van der Waals surface area contributed by atoms with Crippen LogP contribution >= 0.6 is 0 Å². The second-order valence-corrected chi connectivity index (χ2v) is 3.17. The molecule has 0 saturated heterocycles. The molecule has 2 aromatic rings. The zero-order chi connectivity index (χ0) is 11.7. The number of nitrogens with zero attached hydrogens (tertiary/aromatic N) is 3. The molecule has 0 aliphatic rings. The molecule has 0 spiro atoms. The van der Waals surface area contributed by atoms with Crippen molar-refractivity contribution in [3.8, 4) is 5.75 Å². The highest BCUT2D eigenvalue weighted by Crippen LogP contribution is 2.40. The monoisotopic (exact) mass is 216 g/mol. The number of aromatic hydroxyl groups is 1. The number of diazo groups is 1. The van der Waals surface area contributed by atoms with Gasteiger partial charge in [-0.1, -0.05) is 18.2 Å². The first kappa shape index (κ1) is 9.86. The van der Waals surface area contributed by atoms with E-state index in [1.165, 1.54) is 6.07 Å². The van der Waals surface area contributed by atoms with Crippen LogP contribution < -0.4 is 0 Å². The predicted octanol–water partition coefficient (Wildman–Crippen LogP) is 2.94. The topological polar surface area (TPSA) is 91.5 Å². The van der Waals surface area contributed by atoms with Crippen molar-refractivity contribution in [2.45, 2.75) is 0 Å². The van der Waals surface area contributed by atoms with Gasteiger partial charge in [-0.15, -0.1) is 0 Å². The molecule has 0 aliphatic heterocycles. The molecule has 6 heteroatoms. The Bertz CT molecular complexity index is 631. The Labute approximate surface area is 89.5 Å². The number of nitro benzene ring substituents is 1. The van der Waals surface area contributed by atoms with Crippen LogP contribution in [0.5, 0.6) is 5.75 Å². The Morgan fingerprint density at radius 2 is 1.94 bits per heavy atom. The molecule has 0 atom stereocenters. The van der Waals surface area contributed by atoms with E-state index < -0.39 is 16.4 Å². The minimum absolute atomic E-state index is 0.0556. The molecule has 0 amide bonds. The summed E-state index contributed by atoms with van der Waals surface area (Å²) in [6, 6.07) is 7.47. The Morgan fingerprint density at radius 1 is 1.31 bits per heavy atom. The molecule has 1 N–H and O–H groups in total. The molecule has 0 unspecified atom stereocenters. The Balaban J connectivity index is 2.95. The van der Waals surface area contributed by atoms with Crippen LogP contribution in [-0.4, -0.2) is 10.0 Å². The second-order valence-electron chi connectivity index (χ2n) is 3.17. The van der Waals surface area contributed by atoms with E-state index in [1.54, 1.807) is 18.2 Å². The summed E-state index contributed by atoms with van der Waals surface area (Å²) in [6.07, 6.45) is 0. The van der Waals surface area contributed by atoms with Crippen LogP contribution in [0.3, 0.4) is 0 Å². The van der Waals surface area contributed by atoms with Crippen molar-refractivity contribution in [1.82, 2.24) is 0 Å². The largest absolute Gasteiger partial charge is 0.502 e. The number of phenols is 1. The molecule has 0 fully saturated rings. The van der Waals surface area contributed by atoms with Crippen molar-refractivity contribution in [3.05, 3.63) is 45.4 Å². The first-order valence-electron chi connectivity index (χ1n) is 4.39. The highest BCUT2D eigenvalue weighted by molar-refractivity contribution is 6.00. The van der Waals surface area contributed by atoms with Crippen LogP contribution in [0.15, 0.2) is 30.3 Å². The van der Waals surface area contributed by atoms with Gasteiger partial charge >= 0.3 is 11.4 Å². The third kappa shape index (κ3) is 1.31. The molecule has 0 radical (unpaired) electrons. The molecule has 2 rings (SSSR count). The summed E-state index contributed by atoms with van der Waals surface area (Å²) in [5, 5.41) is 29.8. The lowest BCUT2D eigenvalue weighted by molar-refractivity contribution is -0.385. The van der Waals surface area contributed by atoms with Crippen LogP contribution in [0.4, 0.5) is 11.4 Å². The van der Waals surface area contributed by atoms with Crippen LogP contribution in [0, 0.1) is 15.5 Å². The molecular formula is C10H6N3O3+. The Kier molecular flexibility index (Phi) is 2.14. The molecular weight excluding hydrogens is 210 g/mol. The summed E-state index contributed by atoms with van der Waals surface area (Å²) < 4.78 is 0. The van der Waals surface area contributed by atoms with Gasteiger partial charge in [0, 0.05) is 5.39 Å². The summed E-state index contributed by atoms with van der Waals surface area (Å²) in [6.45, 7) is 0. The van der Waals surface area contributed by atoms with Crippen LogP contribution in [0.25, 0.3) is 15.7 Å². The summed E-state index contributed by atoms with van der Waals surface area (Å²) in [7, 11) is 0. The van der Waals surface area contributed by atoms with Crippen molar-refractivity contribution in [2.75, 3.05) is 0 Å². The maximum absolute atomic E-state index is 10.7. The number of benzene rings is 2. The minimum atomic E-state index is -0.726. The smallest absolute Gasteiger partial charge is 0.399 e. The molecule has 6 nitrogen and oxygen atoms in total. The quantitative estimate of drug-likeness (QED) is 0.450. The van der Waals surface area contributed by atoms with E-state index in [4.69, 9.17) is 5.39 Å². The van der Waals surface area contributed by atoms with Crippen LogP contribution in [-0.2, 0) is 0 Å². The van der Waals surface area contributed by atoms with Gasteiger partial charge in [0.15, 0.2) is 4.98 Å². The fraction of sp³-hybridized carbons (Fsp3) is 0. The Hall–Kier alpha value is -2.68. The van der Waals surface area contributed by atoms with Gasteiger partial charge in [-0.25, -0.2) is 0 Å². The number of phenolic OH excluding ortho intramolecular Hbond substituents is 1. The van der Waals surface area contributed by atoms with Gasteiger partial charge < -0.3 is 5.11 Å². The van der Waals surface area contributed by atoms with Crippen molar-refractivity contribution >= 4 is 22.1 Å². The number of hydrogen-bond acceptors (Lipinski definition) is 4. The number of nitro groups is 1. The molecule has 0 aliphatic carbocycles. The van der Waals surface area contributed by atoms with E-state index in [0.717, 1.165) is 6.07 Å². The molecule has 2 aromatic carbocycles. The molecule has 16 heavy (non-hydrogen) atoms. The fourth-order valence-electron chi connectivity index (χ4n) is 1.55. The molecule has 0 aromatic heterocycles. The maximum atomic E-state index is 10.7. The van der Waals surface area contributed by atoms with E-state index in [-0.39, 0.29) is 11.1 Å². The van der Waals surface area contributed by atoms with Crippen molar-refractivity contribution in [1.29, 1.82) is 5.39 Å². The van der Waals surface area contributed by atoms with E-state index >= 15 is 0 Å². The van der Waals surface area contributed by atoms with Crippen molar-refractivity contribution in [2.24, 2.45) is 0 Å². The van der Waals surface area contributed by atoms with Gasteiger partial charge in [0.2, 0.25) is 11.1 Å². The van der Waals surface area contributed by atoms with Crippen LogP contribution in [0.2, 0.25) is 0 Å². The number of hydrogen-bond donors (Lipinski definition) is 1. The molecule has 0 bridgehead atoms. The highest BCUT2D eigenvalue weighted by atomic mass is 16.6. The van der Waals surface area contributed by atoms with Crippen LogP contribution in [0.1, 0.15) is 0 Å². The number of fused-ring (bicyclic) bond motifs is 1. The standard InChI is InChI=1S/C10H5N3O3/c11-12-8-5-9(13(15)16)10(14)7-4-2-1-3-6(7)8/h1-5H/p+1. The average molecular weight is 216 g/mol. The highest BCUT2D eigenvalue weighted by Gasteiger charge is 2.25. The van der Waals surface area contributed by atoms with Gasteiger partial charge in [0.1, 0.15) is 6.07 Å². The SMILES string of the molecule is N#[N+]c1cc([N+](=O)[O-])c(O)c2ccccc12. The normalized spacial score (nSPS) is 9.94. The van der Waals surface area contributed by atoms with E-state index in [1.807, 2.05) is 0 Å². The molecule has 78 valence electrons. The lowest BCUT2D eigenvalue weighted by Gasteiger charge is -1.98. The van der Waals surface area contributed by atoms with Crippen molar-refractivity contribution < 1.29 is 10.0 Å². The molecule has 0 saturated carbocycles. The lowest BCUT2D eigenvalue weighted by Crippen LogP contribution is -1.89. The first-order chi connectivity index (χ1) is 7.65.